The highest BCUT2D eigenvalue weighted by Crippen LogP contribution is 2.15. The molecule has 6 nitrogen and oxygen atoms in total. The van der Waals surface area contributed by atoms with Crippen molar-refractivity contribution >= 4 is 17.3 Å². The van der Waals surface area contributed by atoms with Crippen molar-refractivity contribution in [3.05, 3.63) is 30.9 Å². The first-order valence-corrected chi connectivity index (χ1v) is 5.93. The molecule has 0 saturated carbocycles. The molecule has 6 heteroatoms. The van der Waals surface area contributed by atoms with E-state index in [0.29, 0.717) is 12.5 Å². The van der Waals surface area contributed by atoms with Crippen LogP contribution < -0.4 is 16.4 Å². The fourth-order valence-corrected chi connectivity index (χ4v) is 1.43. The molecule has 2 aromatic heterocycles. The Labute approximate surface area is 106 Å². The summed E-state index contributed by atoms with van der Waals surface area (Å²) < 4.78 is 0. The maximum absolute atomic E-state index is 5.57. The van der Waals surface area contributed by atoms with Crippen LogP contribution in [0.3, 0.4) is 0 Å². The van der Waals surface area contributed by atoms with Gasteiger partial charge in [-0.15, -0.1) is 0 Å². The summed E-state index contributed by atoms with van der Waals surface area (Å²) in [5.41, 5.74) is 6.54. The Morgan fingerprint density at radius 3 is 2.94 bits per heavy atom. The minimum Gasteiger partial charge on any atom is -0.370 e. The van der Waals surface area contributed by atoms with Crippen molar-refractivity contribution in [3.8, 4) is 0 Å². The molecule has 18 heavy (non-hydrogen) atoms. The molecule has 0 aliphatic rings. The number of hydrogen-bond donors (Lipinski definition) is 4. The van der Waals surface area contributed by atoms with E-state index in [-0.39, 0.29) is 0 Å². The van der Waals surface area contributed by atoms with Gasteiger partial charge < -0.3 is 21.4 Å². The lowest BCUT2D eigenvalue weighted by molar-refractivity contribution is 0.627. The second-order valence-electron chi connectivity index (χ2n) is 4.23. The Morgan fingerprint density at radius 1 is 1.39 bits per heavy atom. The van der Waals surface area contributed by atoms with Gasteiger partial charge in [0.05, 0.1) is 5.69 Å². The predicted octanol–water partition coefficient (Wildman–Crippen LogP) is 1.55. The van der Waals surface area contributed by atoms with Crippen LogP contribution in [0.25, 0.3) is 0 Å². The number of hydrogen-bond acceptors (Lipinski definition) is 5. The van der Waals surface area contributed by atoms with Gasteiger partial charge in [-0.1, -0.05) is 6.92 Å². The third kappa shape index (κ3) is 3.46. The molecule has 0 aromatic carbocycles. The van der Waals surface area contributed by atoms with Crippen molar-refractivity contribution in [3.63, 3.8) is 0 Å². The van der Waals surface area contributed by atoms with E-state index in [1.807, 2.05) is 24.5 Å². The Bertz CT molecular complexity index is 467. The number of nitrogens with zero attached hydrogens (tertiary/aromatic N) is 2. The lowest BCUT2D eigenvalue weighted by Gasteiger charge is -2.11. The molecular weight excluding hydrogens is 228 g/mol. The monoisotopic (exact) mass is 246 g/mol. The van der Waals surface area contributed by atoms with E-state index in [1.54, 1.807) is 0 Å². The molecule has 0 spiro atoms. The maximum Gasteiger partial charge on any atom is 0.135 e. The second-order valence-corrected chi connectivity index (χ2v) is 4.23. The minimum atomic E-state index is 0.418. The van der Waals surface area contributed by atoms with Gasteiger partial charge in [0.15, 0.2) is 0 Å². The van der Waals surface area contributed by atoms with Gasteiger partial charge in [0.1, 0.15) is 18.0 Å². The average molecular weight is 246 g/mol. The SMILES string of the molecule is CC(CN)CNc1cc(Nc2cc[nH]c2)ncn1. The maximum atomic E-state index is 5.57. The number of aromatic nitrogens is 3. The predicted molar refractivity (Wildman–Crippen MR) is 72.8 cm³/mol. The number of rotatable bonds is 6. The Hall–Kier alpha value is -2.08. The summed E-state index contributed by atoms with van der Waals surface area (Å²) in [5, 5.41) is 6.42. The Morgan fingerprint density at radius 2 is 2.22 bits per heavy atom. The molecule has 5 N–H and O–H groups in total. The van der Waals surface area contributed by atoms with Crippen LogP contribution >= 0.6 is 0 Å². The number of anilines is 3. The van der Waals surface area contributed by atoms with Crippen LogP contribution in [0.15, 0.2) is 30.9 Å². The van der Waals surface area contributed by atoms with Gasteiger partial charge in [0.25, 0.3) is 0 Å². The normalized spacial score (nSPS) is 12.1. The third-order valence-electron chi connectivity index (χ3n) is 2.57. The summed E-state index contributed by atoms with van der Waals surface area (Å²) in [6.45, 7) is 3.55. The van der Waals surface area contributed by atoms with Gasteiger partial charge in [-0.3, -0.25) is 0 Å². The molecule has 0 saturated heterocycles. The summed E-state index contributed by atoms with van der Waals surface area (Å²) in [6.07, 6.45) is 5.25. The molecule has 0 bridgehead atoms. The molecule has 0 fully saturated rings. The number of nitrogens with two attached hydrogens (primary N) is 1. The minimum absolute atomic E-state index is 0.418. The lowest BCUT2D eigenvalue weighted by atomic mass is 10.2. The zero-order valence-corrected chi connectivity index (χ0v) is 10.4. The zero-order chi connectivity index (χ0) is 12.8. The van der Waals surface area contributed by atoms with Gasteiger partial charge in [-0.2, -0.15) is 0 Å². The third-order valence-corrected chi connectivity index (χ3v) is 2.57. The molecule has 0 amide bonds. The quantitative estimate of drug-likeness (QED) is 0.621. The lowest BCUT2D eigenvalue weighted by Crippen LogP contribution is -2.20. The van der Waals surface area contributed by atoms with Crippen molar-refractivity contribution in [2.75, 3.05) is 23.7 Å². The van der Waals surface area contributed by atoms with E-state index in [1.165, 1.54) is 6.33 Å². The molecule has 2 rings (SSSR count). The molecule has 2 aromatic rings. The molecule has 96 valence electrons. The highest BCUT2D eigenvalue weighted by atomic mass is 15.1. The summed E-state index contributed by atoms with van der Waals surface area (Å²) in [7, 11) is 0. The zero-order valence-electron chi connectivity index (χ0n) is 10.4. The van der Waals surface area contributed by atoms with E-state index in [0.717, 1.165) is 23.9 Å². The fourth-order valence-electron chi connectivity index (χ4n) is 1.43. The summed E-state index contributed by atoms with van der Waals surface area (Å²) in [6, 6.07) is 3.81. The van der Waals surface area contributed by atoms with E-state index in [9.17, 15) is 0 Å². The van der Waals surface area contributed by atoms with Gasteiger partial charge >= 0.3 is 0 Å². The van der Waals surface area contributed by atoms with Crippen molar-refractivity contribution in [2.45, 2.75) is 6.92 Å². The average Bonchev–Trinajstić information content (AvgIpc) is 2.89. The van der Waals surface area contributed by atoms with Gasteiger partial charge in [0, 0.05) is 25.0 Å². The number of aromatic amines is 1. The first-order valence-electron chi connectivity index (χ1n) is 5.93. The van der Waals surface area contributed by atoms with Crippen LogP contribution in [0.5, 0.6) is 0 Å². The van der Waals surface area contributed by atoms with Gasteiger partial charge in [-0.05, 0) is 18.5 Å². The van der Waals surface area contributed by atoms with E-state index >= 15 is 0 Å². The topological polar surface area (TPSA) is 91.7 Å². The Kier molecular flexibility index (Phi) is 4.14. The number of H-pyrrole nitrogens is 1. The number of nitrogens with one attached hydrogen (secondary N) is 3. The van der Waals surface area contributed by atoms with Crippen molar-refractivity contribution in [2.24, 2.45) is 11.7 Å². The van der Waals surface area contributed by atoms with Crippen molar-refractivity contribution < 1.29 is 0 Å². The van der Waals surface area contributed by atoms with Gasteiger partial charge in [0.2, 0.25) is 0 Å². The van der Waals surface area contributed by atoms with E-state index in [2.05, 4.69) is 32.5 Å². The largest absolute Gasteiger partial charge is 0.370 e. The molecule has 1 unspecified atom stereocenters. The Balaban J connectivity index is 1.96. The summed E-state index contributed by atoms with van der Waals surface area (Å²) in [4.78, 5) is 11.3. The summed E-state index contributed by atoms with van der Waals surface area (Å²) in [5.74, 6) is 1.97. The highest BCUT2D eigenvalue weighted by Gasteiger charge is 2.02. The standard InChI is InChI=1S/C12H18N6/c1-9(5-13)6-15-11-4-12(17-8-16-11)18-10-2-3-14-7-10/h2-4,7-9,14H,5-6,13H2,1H3,(H2,15,16,17,18). The van der Waals surface area contributed by atoms with E-state index in [4.69, 9.17) is 5.73 Å². The van der Waals surface area contributed by atoms with Crippen molar-refractivity contribution in [1.29, 1.82) is 0 Å². The van der Waals surface area contributed by atoms with Gasteiger partial charge in [-0.25, -0.2) is 9.97 Å². The van der Waals surface area contributed by atoms with Crippen LogP contribution in [-0.2, 0) is 0 Å². The first-order chi connectivity index (χ1) is 8.78. The van der Waals surface area contributed by atoms with Crippen LogP contribution in [-0.4, -0.2) is 28.0 Å². The molecule has 0 aliphatic carbocycles. The molecule has 0 radical (unpaired) electrons. The molecular formula is C12H18N6. The van der Waals surface area contributed by atoms with Crippen LogP contribution in [0.2, 0.25) is 0 Å². The fraction of sp³-hybridized carbons (Fsp3) is 0.333. The highest BCUT2D eigenvalue weighted by molar-refractivity contribution is 5.57. The van der Waals surface area contributed by atoms with Crippen LogP contribution in [0, 0.1) is 5.92 Å². The second kappa shape index (κ2) is 6.02. The molecule has 0 aliphatic heterocycles. The van der Waals surface area contributed by atoms with Crippen LogP contribution in [0.1, 0.15) is 6.92 Å². The first kappa shape index (κ1) is 12.4. The van der Waals surface area contributed by atoms with Crippen LogP contribution in [0.4, 0.5) is 17.3 Å². The molecule has 1 atom stereocenters. The smallest absolute Gasteiger partial charge is 0.135 e. The van der Waals surface area contributed by atoms with E-state index < -0.39 is 0 Å². The summed E-state index contributed by atoms with van der Waals surface area (Å²) >= 11 is 0. The van der Waals surface area contributed by atoms with Crippen molar-refractivity contribution in [1.82, 2.24) is 15.0 Å². The molecule has 2 heterocycles.